The molecule has 4 rings (SSSR count). The molecule has 0 fully saturated rings. The first kappa shape index (κ1) is 18.5. The normalized spacial score (nSPS) is 12.1. The van der Waals surface area contributed by atoms with E-state index in [0.717, 1.165) is 22.0 Å². The van der Waals surface area contributed by atoms with Crippen LogP contribution in [0, 0.1) is 0 Å². The maximum absolute atomic E-state index is 12.7. The third-order valence-corrected chi connectivity index (χ3v) is 5.21. The Hall–Kier alpha value is -2.82. The summed E-state index contributed by atoms with van der Waals surface area (Å²) in [5, 5.41) is 4.59. The van der Waals surface area contributed by atoms with E-state index >= 15 is 0 Å². The highest BCUT2D eigenvalue weighted by atomic mass is 35.5. The third kappa shape index (κ3) is 3.75. The zero-order valence-corrected chi connectivity index (χ0v) is 16.3. The van der Waals surface area contributed by atoms with E-state index in [1.54, 1.807) is 12.1 Å². The Bertz CT molecular complexity index is 1130. The van der Waals surface area contributed by atoms with Gasteiger partial charge in [0, 0.05) is 29.6 Å². The molecule has 140 valence electrons. The van der Waals surface area contributed by atoms with Crippen molar-refractivity contribution in [3.8, 4) is 0 Å². The monoisotopic (exact) mass is 409 g/mol. The Kier molecular flexibility index (Phi) is 5.33. The van der Waals surface area contributed by atoms with E-state index in [-0.39, 0.29) is 27.7 Å². The van der Waals surface area contributed by atoms with Gasteiger partial charge in [0.25, 0.3) is 5.91 Å². The van der Waals surface area contributed by atoms with Gasteiger partial charge in [0.15, 0.2) is 0 Å². The van der Waals surface area contributed by atoms with E-state index in [0.29, 0.717) is 6.54 Å². The van der Waals surface area contributed by atoms with Gasteiger partial charge in [-0.05, 0) is 29.3 Å². The van der Waals surface area contributed by atoms with Crippen LogP contribution in [0.3, 0.4) is 0 Å². The van der Waals surface area contributed by atoms with Crippen LogP contribution in [-0.4, -0.2) is 22.4 Å². The number of hydrogen-bond acceptors (Lipinski definition) is 2. The number of fused-ring (bicyclic) bond motifs is 1. The molecule has 0 spiro atoms. The van der Waals surface area contributed by atoms with Crippen LogP contribution >= 0.6 is 23.2 Å². The van der Waals surface area contributed by atoms with Gasteiger partial charge >= 0.3 is 0 Å². The molecule has 2 aromatic heterocycles. The van der Waals surface area contributed by atoms with E-state index < -0.39 is 0 Å². The highest BCUT2D eigenvalue weighted by Gasteiger charge is 2.20. The Morgan fingerprint density at radius 1 is 1.00 bits per heavy atom. The molecular weight excluding hydrogens is 393 g/mol. The lowest BCUT2D eigenvalue weighted by Gasteiger charge is -2.18. The minimum atomic E-state index is -0.353. The topological polar surface area (TPSA) is 57.8 Å². The second-order valence-corrected chi connectivity index (χ2v) is 7.22. The van der Waals surface area contributed by atoms with Crippen molar-refractivity contribution < 1.29 is 4.79 Å². The molecule has 0 saturated heterocycles. The third-order valence-electron chi connectivity index (χ3n) is 4.69. The number of aromatic amines is 1. The number of benzene rings is 2. The van der Waals surface area contributed by atoms with Crippen molar-refractivity contribution in [2.75, 3.05) is 6.54 Å². The number of nitrogens with zero attached hydrogens (tertiary/aromatic N) is 1. The quantitative estimate of drug-likeness (QED) is 0.431. The molecule has 2 aromatic carbocycles. The minimum absolute atomic E-state index is 0.0285. The molecule has 28 heavy (non-hydrogen) atoms. The van der Waals surface area contributed by atoms with Crippen LogP contribution in [0.5, 0.6) is 0 Å². The van der Waals surface area contributed by atoms with E-state index in [4.69, 9.17) is 23.2 Å². The van der Waals surface area contributed by atoms with Gasteiger partial charge < -0.3 is 10.3 Å². The summed E-state index contributed by atoms with van der Waals surface area (Å²) >= 11 is 12.0. The summed E-state index contributed by atoms with van der Waals surface area (Å²) in [5.41, 5.74) is 3.41. The molecule has 1 atom stereocenters. The van der Waals surface area contributed by atoms with Gasteiger partial charge in [-0.1, -0.05) is 71.7 Å². The number of carbonyl (C=O) groups is 1. The lowest BCUT2D eigenvalue weighted by molar-refractivity contribution is 0.0947. The van der Waals surface area contributed by atoms with Crippen LogP contribution in [0.25, 0.3) is 10.9 Å². The molecule has 0 radical (unpaired) electrons. The summed E-state index contributed by atoms with van der Waals surface area (Å²) < 4.78 is 0. The van der Waals surface area contributed by atoms with Gasteiger partial charge in [0.1, 0.15) is 10.8 Å². The second-order valence-electron chi connectivity index (χ2n) is 6.43. The highest BCUT2D eigenvalue weighted by molar-refractivity contribution is 6.34. The molecule has 0 unspecified atom stereocenters. The maximum atomic E-state index is 12.7. The number of nitrogens with one attached hydrogen (secondary N) is 2. The molecule has 4 nitrogen and oxygen atoms in total. The number of carbonyl (C=O) groups excluding carboxylic acids is 1. The minimum Gasteiger partial charge on any atom is -0.361 e. The fraction of sp³-hybridized carbons (Fsp3) is 0.0909. The SMILES string of the molecule is O=C(NC[C@H](c1ccccc1)c1c[nH]c2ccccc12)c1nc(Cl)ccc1Cl. The standard InChI is InChI=1S/C22H17Cl2N3O/c23-18-10-11-20(24)27-21(18)22(28)26-12-16(14-6-2-1-3-7-14)17-13-25-19-9-5-4-8-15(17)19/h1-11,13,16,25H,12H2,(H,26,28)/t16-/m1/s1. The Balaban J connectivity index is 1.65. The van der Waals surface area contributed by atoms with Crippen molar-refractivity contribution in [2.24, 2.45) is 0 Å². The Labute approximate surface area is 172 Å². The summed E-state index contributed by atoms with van der Waals surface area (Å²) in [7, 11) is 0. The molecule has 0 aliphatic heterocycles. The van der Waals surface area contributed by atoms with Gasteiger partial charge in [0.2, 0.25) is 0 Å². The van der Waals surface area contributed by atoms with Crippen molar-refractivity contribution in [1.82, 2.24) is 15.3 Å². The van der Waals surface area contributed by atoms with Crippen molar-refractivity contribution >= 4 is 40.0 Å². The van der Waals surface area contributed by atoms with Crippen LogP contribution < -0.4 is 5.32 Å². The van der Waals surface area contributed by atoms with E-state index in [1.807, 2.05) is 42.6 Å². The fourth-order valence-corrected chi connectivity index (χ4v) is 3.67. The zero-order valence-electron chi connectivity index (χ0n) is 14.8. The van der Waals surface area contributed by atoms with Gasteiger partial charge in [-0.15, -0.1) is 0 Å². The number of aromatic nitrogens is 2. The van der Waals surface area contributed by atoms with Gasteiger partial charge in [-0.25, -0.2) is 4.98 Å². The fourth-order valence-electron chi connectivity index (χ4n) is 3.33. The summed E-state index contributed by atoms with van der Waals surface area (Å²) in [5.74, 6) is -0.382. The first-order chi connectivity index (χ1) is 13.6. The highest BCUT2D eigenvalue weighted by Crippen LogP contribution is 2.30. The van der Waals surface area contributed by atoms with Crippen molar-refractivity contribution in [1.29, 1.82) is 0 Å². The summed E-state index contributed by atoms with van der Waals surface area (Å²) in [6.07, 6.45) is 2.00. The number of amides is 1. The first-order valence-corrected chi connectivity index (χ1v) is 9.60. The number of halogens is 2. The van der Waals surface area contributed by atoms with E-state index in [9.17, 15) is 4.79 Å². The molecule has 0 aliphatic rings. The zero-order chi connectivity index (χ0) is 19.5. The van der Waals surface area contributed by atoms with Crippen LogP contribution in [0.2, 0.25) is 10.2 Å². The van der Waals surface area contributed by atoms with Crippen molar-refractivity contribution in [3.63, 3.8) is 0 Å². The number of pyridine rings is 1. The molecule has 6 heteroatoms. The Morgan fingerprint density at radius 2 is 1.75 bits per heavy atom. The first-order valence-electron chi connectivity index (χ1n) is 8.84. The number of rotatable bonds is 5. The lowest BCUT2D eigenvalue weighted by atomic mass is 9.91. The molecule has 0 saturated carbocycles. The van der Waals surface area contributed by atoms with Crippen molar-refractivity contribution in [3.05, 3.63) is 99.9 Å². The van der Waals surface area contributed by atoms with Crippen LogP contribution in [-0.2, 0) is 0 Å². The van der Waals surface area contributed by atoms with E-state index in [2.05, 4.69) is 33.5 Å². The maximum Gasteiger partial charge on any atom is 0.271 e. The van der Waals surface area contributed by atoms with Gasteiger partial charge in [0.05, 0.1) is 5.02 Å². The van der Waals surface area contributed by atoms with Crippen LogP contribution in [0.1, 0.15) is 27.5 Å². The average Bonchev–Trinajstić information content (AvgIpc) is 3.15. The molecule has 1 amide bonds. The molecule has 0 aliphatic carbocycles. The molecular formula is C22H17Cl2N3O. The van der Waals surface area contributed by atoms with Gasteiger partial charge in [-0.3, -0.25) is 4.79 Å². The predicted molar refractivity (Wildman–Crippen MR) is 113 cm³/mol. The molecule has 4 aromatic rings. The average molecular weight is 410 g/mol. The van der Waals surface area contributed by atoms with Crippen LogP contribution in [0.4, 0.5) is 0 Å². The largest absolute Gasteiger partial charge is 0.361 e. The van der Waals surface area contributed by atoms with E-state index in [1.165, 1.54) is 0 Å². The predicted octanol–water partition coefficient (Wildman–Crippen LogP) is 5.43. The number of para-hydroxylation sites is 1. The summed E-state index contributed by atoms with van der Waals surface area (Å²) in [6.45, 7) is 0.398. The Morgan fingerprint density at radius 3 is 2.57 bits per heavy atom. The van der Waals surface area contributed by atoms with Gasteiger partial charge in [-0.2, -0.15) is 0 Å². The number of hydrogen-bond donors (Lipinski definition) is 2. The molecule has 0 bridgehead atoms. The summed E-state index contributed by atoms with van der Waals surface area (Å²) in [4.78, 5) is 20.0. The number of H-pyrrole nitrogens is 1. The lowest BCUT2D eigenvalue weighted by Crippen LogP contribution is -2.29. The second kappa shape index (κ2) is 8.05. The molecule has 2 N–H and O–H groups in total. The smallest absolute Gasteiger partial charge is 0.271 e. The van der Waals surface area contributed by atoms with Crippen molar-refractivity contribution in [2.45, 2.75) is 5.92 Å². The molecule has 2 heterocycles. The van der Waals surface area contributed by atoms with Crippen LogP contribution in [0.15, 0.2) is 72.9 Å². The summed E-state index contributed by atoms with van der Waals surface area (Å²) in [6, 6.07) is 21.3.